The van der Waals surface area contributed by atoms with Gasteiger partial charge in [0.05, 0.1) is 5.56 Å². The number of hydrogen-bond donors (Lipinski definition) is 1. The number of halogens is 1. The van der Waals surface area contributed by atoms with Crippen molar-refractivity contribution in [1.82, 2.24) is 9.55 Å². The second-order valence-electron chi connectivity index (χ2n) is 5.18. The van der Waals surface area contributed by atoms with Crippen LogP contribution in [0.2, 0.25) is 5.15 Å². The maximum absolute atomic E-state index is 12.3. The van der Waals surface area contributed by atoms with Crippen LogP contribution in [0.3, 0.4) is 0 Å². The second kappa shape index (κ2) is 8.57. The molecule has 0 bridgehead atoms. The summed E-state index contributed by atoms with van der Waals surface area (Å²) in [5.41, 5.74) is -0.167. The smallest absolute Gasteiger partial charge is 0.297 e. The largest absolute Gasteiger partial charge is 0.329 e. The summed E-state index contributed by atoms with van der Waals surface area (Å²) in [4.78, 5) is 26.7. The third kappa shape index (κ3) is 4.70. The number of nitrogens with one attached hydrogen (secondary N) is 1. The lowest BCUT2D eigenvalue weighted by atomic mass is 10.1. The van der Waals surface area contributed by atoms with E-state index in [-0.39, 0.29) is 16.6 Å². The Morgan fingerprint density at radius 3 is 2.45 bits per heavy atom. The minimum Gasteiger partial charge on any atom is -0.297 e. The zero-order chi connectivity index (χ0) is 15.1. The first-order valence-corrected chi connectivity index (χ1v) is 8.77. The Morgan fingerprint density at radius 1 is 1.20 bits per heavy atom. The van der Waals surface area contributed by atoms with Gasteiger partial charge in [0.25, 0.3) is 5.56 Å². The van der Waals surface area contributed by atoms with Gasteiger partial charge in [-0.25, -0.2) is 4.79 Å². The van der Waals surface area contributed by atoms with E-state index in [1.165, 1.54) is 16.7 Å². The van der Waals surface area contributed by atoms with E-state index in [4.69, 9.17) is 11.6 Å². The lowest BCUT2D eigenvalue weighted by Gasteiger charge is -2.11. The fourth-order valence-electron chi connectivity index (χ4n) is 2.13. The van der Waals surface area contributed by atoms with Crippen molar-refractivity contribution in [3.63, 3.8) is 0 Å². The Morgan fingerprint density at radius 2 is 1.85 bits per heavy atom. The lowest BCUT2D eigenvalue weighted by Crippen LogP contribution is -2.37. The fourth-order valence-corrected chi connectivity index (χ4v) is 3.01. The molecule has 0 amide bonds. The van der Waals surface area contributed by atoms with Crippen molar-refractivity contribution in [3.8, 4) is 0 Å². The molecule has 0 atom stereocenters. The van der Waals surface area contributed by atoms with Crippen LogP contribution in [0.1, 0.15) is 51.0 Å². The van der Waals surface area contributed by atoms with Gasteiger partial charge >= 0.3 is 5.69 Å². The summed E-state index contributed by atoms with van der Waals surface area (Å²) in [6.07, 6.45) is 6.30. The van der Waals surface area contributed by atoms with Crippen molar-refractivity contribution in [2.45, 2.75) is 52.0 Å². The molecule has 1 N–H and O–H groups in total. The van der Waals surface area contributed by atoms with E-state index < -0.39 is 5.69 Å². The summed E-state index contributed by atoms with van der Waals surface area (Å²) in [5, 5.41) is 0.172. The van der Waals surface area contributed by atoms with E-state index in [0.717, 1.165) is 19.3 Å². The molecule has 0 aliphatic carbocycles. The summed E-state index contributed by atoms with van der Waals surface area (Å²) in [6.45, 7) is 4.26. The summed E-state index contributed by atoms with van der Waals surface area (Å²) in [7, 11) is 0. The van der Waals surface area contributed by atoms with Crippen LogP contribution in [-0.4, -0.2) is 21.6 Å². The molecule has 0 radical (unpaired) electrons. The van der Waals surface area contributed by atoms with Crippen molar-refractivity contribution < 1.29 is 0 Å². The van der Waals surface area contributed by atoms with Gasteiger partial charge in [0.1, 0.15) is 5.15 Å². The summed E-state index contributed by atoms with van der Waals surface area (Å²) >= 11 is 7.79. The van der Waals surface area contributed by atoms with Gasteiger partial charge in [-0.3, -0.25) is 14.3 Å². The molecule has 1 rings (SSSR count). The Hall–Kier alpha value is -0.680. The highest BCUT2D eigenvalue weighted by Gasteiger charge is 2.15. The molecule has 0 unspecified atom stereocenters. The Balaban J connectivity index is 2.73. The monoisotopic (exact) mass is 318 g/mol. The predicted molar refractivity (Wildman–Crippen MR) is 87.3 cm³/mol. The SMILES string of the molecule is CSCCCCCCn1c(=O)[nH]c(Cl)c(C(C)C)c1=O. The van der Waals surface area contributed by atoms with Crippen molar-refractivity contribution in [2.75, 3.05) is 12.0 Å². The van der Waals surface area contributed by atoms with Crippen LogP contribution in [0.15, 0.2) is 9.59 Å². The maximum Gasteiger partial charge on any atom is 0.329 e. The van der Waals surface area contributed by atoms with Gasteiger partial charge in [-0.1, -0.05) is 38.3 Å². The molecule has 114 valence electrons. The maximum atomic E-state index is 12.3. The topological polar surface area (TPSA) is 54.9 Å². The number of aromatic amines is 1. The Labute approximate surface area is 128 Å². The summed E-state index contributed by atoms with van der Waals surface area (Å²) in [6, 6.07) is 0. The van der Waals surface area contributed by atoms with Crippen molar-refractivity contribution in [3.05, 3.63) is 31.6 Å². The first kappa shape index (κ1) is 17.4. The molecule has 0 aliphatic heterocycles. The first-order chi connectivity index (χ1) is 9.49. The van der Waals surface area contributed by atoms with E-state index in [1.807, 2.05) is 25.6 Å². The quantitative estimate of drug-likeness (QED) is 0.591. The molecule has 1 aromatic rings. The highest BCUT2D eigenvalue weighted by Crippen LogP contribution is 2.16. The van der Waals surface area contributed by atoms with Crippen LogP contribution in [-0.2, 0) is 6.54 Å². The van der Waals surface area contributed by atoms with E-state index in [0.29, 0.717) is 12.1 Å². The molecule has 0 spiro atoms. The summed E-state index contributed by atoms with van der Waals surface area (Å²) in [5.74, 6) is 1.17. The first-order valence-electron chi connectivity index (χ1n) is 7.00. The molecule has 0 saturated heterocycles. The number of thioether (sulfide) groups is 1. The fraction of sp³-hybridized carbons (Fsp3) is 0.714. The molecule has 0 aromatic carbocycles. The van der Waals surface area contributed by atoms with Gasteiger partial charge < -0.3 is 0 Å². The highest BCUT2D eigenvalue weighted by atomic mass is 35.5. The minimum atomic E-state index is -0.409. The minimum absolute atomic E-state index is 0.000297. The predicted octanol–water partition coefficient (Wildman–Crippen LogP) is 3.24. The van der Waals surface area contributed by atoms with Gasteiger partial charge in [-0.2, -0.15) is 11.8 Å². The zero-order valence-corrected chi connectivity index (χ0v) is 13.9. The van der Waals surface area contributed by atoms with Gasteiger partial charge in [-0.15, -0.1) is 0 Å². The van der Waals surface area contributed by atoms with Gasteiger partial charge in [-0.05, 0) is 30.8 Å². The van der Waals surface area contributed by atoms with E-state index in [1.54, 1.807) is 0 Å². The average molecular weight is 319 g/mol. The summed E-state index contributed by atoms with van der Waals surface area (Å²) < 4.78 is 1.27. The van der Waals surface area contributed by atoms with E-state index in [9.17, 15) is 9.59 Å². The zero-order valence-electron chi connectivity index (χ0n) is 12.4. The molecule has 1 aromatic heterocycles. The number of unbranched alkanes of at least 4 members (excludes halogenated alkanes) is 3. The van der Waals surface area contributed by atoms with E-state index in [2.05, 4.69) is 11.2 Å². The highest BCUT2D eigenvalue weighted by molar-refractivity contribution is 7.98. The lowest BCUT2D eigenvalue weighted by molar-refractivity contribution is 0.544. The van der Waals surface area contributed by atoms with Crippen molar-refractivity contribution in [1.29, 1.82) is 0 Å². The van der Waals surface area contributed by atoms with Crippen LogP contribution in [0.25, 0.3) is 0 Å². The van der Waals surface area contributed by atoms with E-state index >= 15 is 0 Å². The van der Waals surface area contributed by atoms with Crippen LogP contribution in [0.4, 0.5) is 0 Å². The molecule has 0 fully saturated rings. The average Bonchev–Trinajstić information content (AvgIpc) is 2.35. The molecule has 0 aliphatic rings. The molecular weight excluding hydrogens is 296 g/mol. The van der Waals surface area contributed by atoms with Crippen LogP contribution < -0.4 is 11.2 Å². The molecule has 1 heterocycles. The number of H-pyrrole nitrogens is 1. The molecule has 20 heavy (non-hydrogen) atoms. The Kier molecular flexibility index (Phi) is 7.45. The second-order valence-corrected chi connectivity index (χ2v) is 6.54. The molecular formula is C14H23ClN2O2S. The molecule has 6 heteroatoms. The number of aromatic nitrogens is 2. The number of hydrogen-bond acceptors (Lipinski definition) is 3. The van der Waals surface area contributed by atoms with Gasteiger partial charge in [0.2, 0.25) is 0 Å². The Bertz CT molecular complexity index is 537. The van der Waals surface area contributed by atoms with Crippen molar-refractivity contribution >= 4 is 23.4 Å². The van der Waals surface area contributed by atoms with Crippen molar-refractivity contribution in [2.24, 2.45) is 0 Å². The van der Waals surface area contributed by atoms with Crippen LogP contribution in [0, 0.1) is 0 Å². The normalized spacial score (nSPS) is 11.2. The third-order valence-corrected chi connectivity index (χ3v) is 4.23. The van der Waals surface area contributed by atoms with Crippen LogP contribution in [0.5, 0.6) is 0 Å². The van der Waals surface area contributed by atoms with Crippen LogP contribution >= 0.6 is 23.4 Å². The number of rotatable bonds is 8. The third-order valence-electron chi connectivity index (χ3n) is 3.23. The standard InChI is InChI=1S/C14H23ClN2O2S/c1-10(2)11-12(15)16-14(19)17(13(11)18)8-6-4-5-7-9-20-3/h10H,4-9H2,1-3H3,(H,16,19). The molecule has 4 nitrogen and oxygen atoms in total. The van der Waals surface area contributed by atoms with Gasteiger partial charge in [0, 0.05) is 6.54 Å². The van der Waals surface area contributed by atoms with Gasteiger partial charge in [0.15, 0.2) is 0 Å². The molecule has 0 saturated carbocycles. The number of nitrogens with zero attached hydrogens (tertiary/aromatic N) is 1.